The summed E-state index contributed by atoms with van der Waals surface area (Å²) in [5, 5.41) is 17.3. The van der Waals surface area contributed by atoms with Crippen LogP contribution in [-0.2, 0) is 16.9 Å². The molecule has 3 rings (SSSR count). The molecule has 1 aliphatic rings. The second-order valence-corrected chi connectivity index (χ2v) is 7.89. The highest BCUT2D eigenvalue weighted by Crippen LogP contribution is 2.36. The highest BCUT2D eigenvalue weighted by Gasteiger charge is 2.29. The quantitative estimate of drug-likeness (QED) is 0.867. The molecule has 140 valence electrons. The highest BCUT2D eigenvalue weighted by molar-refractivity contribution is 5.83. The van der Waals surface area contributed by atoms with Crippen LogP contribution in [0.4, 0.5) is 10.6 Å². The van der Waals surface area contributed by atoms with Crippen LogP contribution in [0, 0.1) is 0 Å². The van der Waals surface area contributed by atoms with Crippen LogP contribution in [0.3, 0.4) is 0 Å². The number of aromatic nitrogens is 2. The monoisotopic (exact) mass is 357 g/mol. The van der Waals surface area contributed by atoms with Crippen LogP contribution in [0.1, 0.15) is 57.2 Å². The van der Waals surface area contributed by atoms with Gasteiger partial charge in [0, 0.05) is 12.0 Å². The van der Waals surface area contributed by atoms with Crippen molar-refractivity contribution in [2.45, 2.75) is 64.2 Å². The van der Waals surface area contributed by atoms with E-state index < -0.39 is 6.09 Å². The van der Waals surface area contributed by atoms with Gasteiger partial charge in [0.05, 0.1) is 17.3 Å². The molecule has 1 aliphatic carbocycles. The molecular formula is C20H27N3O3. The second-order valence-electron chi connectivity index (χ2n) is 7.89. The van der Waals surface area contributed by atoms with Crippen molar-refractivity contribution in [2.24, 2.45) is 0 Å². The Balaban J connectivity index is 1.71. The van der Waals surface area contributed by atoms with Crippen LogP contribution in [0.25, 0.3) is 0 Å². The first kappa shape index (κ1) is 18.5. The van der Waals surface area contributed by atoms with Crippen molar-refractivity contribution in [1.82, 2.24) is 9.78 Å². The number of ether oxygens (including phenoxy) is 1. The van der Waals surface area contributed by atoms with Gasteiger partial charge in [0.2, 0.25) is 0 Å². The molecule has 1 aromatic carbocycles. The molecule has 1 saturated carbocycles. The van der Waals surface area contributed by atoms with E-state index in [0.29, 0.717) is 5.82 Å². The van der Waals surface area contributed by atoms with Gasteiger partial charge in [-0.1, -0.05) is 30.3 Å². The highest BCUT2D eigenvalue weighted by atomic mass is 16.5. The van der Waals surface area contributed by atoms with Crippen molar-refractivity contribution in [1.29, 1.82) is 0 Å². The molecule has 1 heterocycles. The van der Waals surface area contributed by atoms with Crippen LogP contribution >= 0.6 is 0 Å². The summed E-state index contributed by atoms with van der Waals surface area (Å²) >= 11 is 0. The minimum Gasteiger partial charge on any atom is -0.444 e. The van der Waals surface area contributed by atoms with Gasteiger partial charge in [0.25, 0.3) is 0 Å². The molecule has 1 fully saturated rings. The lowest BCUT2D eigenvalue weighted by Crippen LogP contribution is -2.27. The van der Waals surface area contributed by atoms with Gasteiger partial charge < -0.3 is 9.84 Å². The van der Waals surface area contributed by atoms with Gasteiger partial charge in [-0.2, -0.15) is 5.10 Å². The summed E-state index contributed by atoms with van der Waals surface area (Å²) in [7, 11) is 0. The number of rotatable bonds is 4. The molecule has 0 unspecified atom stereocenters. The molecule has 0 bridgehead atoms. The Morgan fingerprint density at radius 1 is 1.31 bits per heavy atom. The number of anilines is 1. The van der Waals surface area contributed by atoms with Gasteiger partial charge in [0.15, 0.2) is 0 Å². The number of amides is 1. The summed E-state index contributed by atoms with van der Waals surface area (Å²) in [4.78, 5) is 12.2. The third-order valence-electron chi connectivity index (χ3n) is 4.63. The second kappa shape index (κ2) is 7.50. The number of carbonyl (C=O) groups excluding carboxylic acids is 1. The van der Waals surface area contributed by atoms with E-state index in [1.54, 1.807) is 0 Å². The lowest BCUT2D eigenvalue weighted by Gasteiger charge is -2.22. The Morgan fingerprint density at radius 3 is 2.65 bits per heavy atom. The van der Waals surface area contributed by atoms with E-state index in [2.05, 4.69) is 5.32 Å². The Hall–Kier alpha value is -2.34. The van der Waals surface area contributed by atoms with Crippen LogP contribution < -0.4 is 5.32 Å². The van der Waals surface area contributed by atoms with Crippen molar-refractivity contribution in [3.05, 3.63) is 47.7 Å². The Labute approximate surface area is 154 Å². The van der Waals surface area contributed by atoms with E-state index in [1.807, 2.05) is 61.9 Å². The lowest BCUT2D eigenvalue weighted by atomic mass is 10.0. The molecule has 2 N–H and O–H groups in total. The number of benzene rings is 1. The van der Waals surface area contributed by atoms with E-state index >= 15 is 0 Å². The van der Waals surface area contributed by atoms with E-state index in [1.165, 1.54) is 0 Å². The van der Waals surface area contributed by atoms with E-state index in [-0.39, 0.29) is 24.2 Å². The van der Waals surface area contributed by atoms with Crippen molar-refractivity contribution < 1.29 is 14.6 Å². The topological polar surface area (TPSA) is 76.4 Å². The molecule has 6 heteroatoms. The fraction of sp³-hybridized carbons (Fsp3) is 0.500. The molecule has 26 heavy (non-hydrogen) atoms. The predicted octanol–water partition coefficient (Wildman–Crippen LogP) is 4.02. The molecule has 2 aromatic rings. The van der Waals surface area contributed by atoms with E-state index in [4.69, 9.17) is 9.84 Å². The van der Waals surface area contributed by atoms with Crippen molar-refractivity contribution in [3.8, 4) is 0 Å². The van der Waals surface area contributed by atoms with E-state index in [0.717, 1.165) is 30.5 Å². The van der Waals surface area contributed by atoms with Gasteiger partial charge in [-0.05, 0) is 45.6 Å². The lowest BCUT2D eigenvalue weighted by molar-refractivity contribution is 0.154. The maximum absolute atomic E-state index is 12.2. The van der Waals surface area contributed by atoms with E-state index in [9.17, 15) is 9.90 Å². The van der Waals surface area contributed by atoms with Crippen LogP contribution in [0.15, 0.2) is 36.4 Å². The van der Waals surface area contributed by atoms with Gasteiger partial charge >= 0.3 is 6.09 Å². The third kappa shape index (κ3) is 4.43. The average Bonchev–Trinajstić information content (AvgIpc) is 3.20. The fourth-order valence-electron chi connectivity index (χ4n) is 3.29. The number of nitrogens with zero attached hydrogens (tertiary/aromatic N) is 2. The molecule has 0 spiro atoms. The Bertz CT molecular complexity index is 749. The average molecular weight is 357 g/mol. The summed E-state index contributed by atoms with van der Waals surface area (Å²) < 4.78 is 7.14. The Kier molecular flexibility index (Phi) is 5.32. The number of aliphatic hydroxyl groups is 1. The summed E-state index contributed by atoms with van der Waals surface area (Å²) in [6, 6.07) is 11.5. The maximum atomic E-state index is 12.2. The third-order valence-corrected chi connectivity index (χ3v) is 4.63. The zero-order valence-electron chi connectivity index (χ0n) is 15.6. The predicted molar refractivity (Wildman–Crippen MR) is 100 cm³/mol. The zero-order valence-corrected chi connectivity index (χ0v) is 15.6. The standard InChI is InChI=1S/C20H27N3O3/c1-20(2,3)23-18(12-17(22-23)15-9-10-16(24)11-15)21-19(25)26-13-14-7-5-4-6-8-14/h4-8,12,15-16,24H,9-11,13H2,1-3H3,(H,21,25)/t15-,16-/m0/s1. The first-order valence-corrected chi connectivity index (χ1v) is 9.09. The van der Waals surface area contributed by atoms with Crippen LogP contribution in [0.5, 0.6) is 0 Å². The number of hydrogen-bond acceptors (Lipinski definition) is 4. The number of nitrogens with one attached hydrogen (secondary N) is 1. The number of aliphatic hydroxyl groups excluding tert-OH is 1. The molecule has 1 aromatic heterocycles. The molecular weight excluding hydrogens is 330 g/mol. The SMILES string of the molecule is CC(C)(C)n1nc([C@H]2CC[C@H](O)C2)cc1NC(=O)OCc1ccccc1. The van der Waals surface area contributed by atoms with Gasteiger partial charge in [-0.15, -0.1) is 0 Å². The zero-order chi connectivity index (χ0) is 18.7. The maximum Gasteiger partial charge on any atom is 0.413 e. The summed E-state index contributed by atoms with van der Waals surface area (Å²) in [6.45, 7) is 6.33. The van der Waals surface area contributed by atoms with Crippen molar-refractivity contribution in [3.63, 3.8) is 0 Å². The minimum absolute atomic E-state index is 0.220. The summed E-state index contributed by atoms with van der Waals surface area (Å²) in [5.41, 5.74) is 1.57. The van der Waals surface area contributed by atoms with Crippen molar-refractivity contribution in [2.75, 3.05) is 5.32 Å². The molecule has 2 atom stereocenters. The van der Waals surface area contributed by atoms with Gasteiger partial charge in [-0.25, -0.2) is 9.48 Å². The normalized spacial score (nSPS) is 20.2. The first-order valence-electron chi connectivity index (χ1n) is 9.09. The minimum atomic E-state index is -0.503. The van der Waals surface area contributed by atoms with Gasteiger partial charge in [0.1, 0.15) is 12.4 Å². The first-order chi connectivity index (χ1) is 12.3. The van der Waals surface area contributed by atoms with Crippen LogP contribution in [-0.4, -0.2) is 27.1 Å². The Morgan fingerprint density at radius 2 is 2.04 bits per heavy atom. The number of hydrogen-bond donors (Lipinski definition) is 2. The summed E-state index contributed by atoms with van der Waals surface area (Å²) in [6.07, 6.45) is 1.68. The van der Waals surface area contributed by atoms with Crippen molar-refractivity contribution >= 4 is 11.9 Å². The smallest absolute Gasteiger partial charge is 0.413 e. The molecule has 0 saturated heterocycles. The summed E-state index contributed by atoms with van der Waals surface area (Å²) in [5.74, 6) is 0.849. The molecule has 1 amide bonds. The fourth-order valence-corrected chi connectivity index (χ4v) is 3.29. The largest absolute Gasteiger partial charge is 0.444 e. The molecule has 6 nitrogen and oxygen atoms in total. The number of carbonyl (C=O) groups is 1. The molecule has 0 aliphatic heterocycles. The molecule has 0 radical (unpaired) electrons. The van der Waals surface area contributed by atoms with Crippen LogP contribution in [0.2, 0.25) is 0 Å². The van der Waals surface area contributed by atoms with Gasteiger partial charge in [-0.3, -0.25) is 5.32 Å².